The zero-order chi connectivity index (χ0) is 15.4. The molecule has 22 heavy (non-hydrogen) atoms. The van der Waals surface area contributed by atoms with Crippen molar-refractivity contribution in [2.24, 2.45) is 5.92 Å². The normalized spacial score (nSPS) is 15.9. The van der Waals surface area contributed by atoms with Crippen LogP contribution in [0.3, 0.4) is 0 Å². The van der Waals surface area contributed by atoms with Crippen LogP contribution in [-0.4, -0.2) is 28.4 Å². The predicted octanol–water partition coefficient (Wildman–Crippen LogP) is 2.62. The monoisotopic (exact) mass is 297 g/mol. The Labute approximate surface area is 131 Å². The molecule has 0 saturated carbocycles. The van der Waals surface area contributed by atoms with Gasteiger partial charge in [0.1, 0.15) is 0 Å². The molecule has 1 aromatic heterocycles. The van der Waals surface area contributed by atoms with Gasteiger partial charge in [0, 0.05) is 24.9 Å². The van der Waals surface area contributed by atoms with Crippen LogP contribution in [0.5, 0.6) is 0 Å². The van der Waals surface area contributed by atoms with Gasteiger partial charge in [-0.3, -0.25) is 4.79 Å². The van der Waals surface area contributed by atoms with Crippen molar-refractivity contribution in [2.75, 3.05) is 13.1 Å². The van der Waals surface area contributed by atoms with Gasteiger partial charge in [0.25, 0.3) is 0 Å². The molecule has 4 nitrogen and oxygen atoms in total. The van der Waals surface area contributed by atoms with Gasteiger partial charge < -0.3 is 9.88 Å². The molecule has 116 valence electrons. The summed E-state index contributed by atoms with van der Waals surface area (Å²) in [6, 6.07) is 8.57. The topological polar surface area (TPSA) is 46.9 Å². The SMILES string of the molecule is Cc1ccc(CCn2ccnc2C(=O)C2CCNCC2)cc1. The average Bonchev–Trinajstić information content (AvgIpc) is 3.03. The minimum atomic E-state index is 0.127. The van der Waals surface area contributed by atoms with Gasteiger partial charge in [0.05, 0.1) is 0 Å². The summed E-state index contributed by atoms with van der Waals surface area (Å²) in [6.45, 7) is 4.76. The van der Waals surface area contributed by atoms with Crippen LogP contribution in [0.4, 0.5) is 0 Å². The highest BCUT2D eigenvalue weighted by molar-refractivity contribution is 5.94. The molecular formula is C18H23N3O. The van der Waals surface area contributed by atoms with E-state index < -0.39 is 0 Å². The molecule has 1 aliphatic heterocycles. The lowest BCUT2D eigenvalue weighted by atomic mass is 9.93. The number of nitrogens with one attached hydrogen (secondary N) is 1. The van der Waals surface area contributed by atoms with Crippen molar-refractivity contribution in [3.05, 3.63) is 53.6 Å². The van der Waals surface area contributed by atoms with Crippen molar-refractivity contribution in [3.8, 4) is 0 Å². The molecule has 1 saturated heterocycles. The van der Waals surface area contributed by atoms with Crippen molar-refractivity contribution < 1.29 is 4.79 Å². The van der Waals surface area contributed by atoms with Crippen LogP contribution in [0.1, 0.15) is 34.6 Å². The average molecular weight is 297 g/mol. The molecule has 0 aliphatic carbocycles. The summed E-state index contributed by atoms with van der Waals surface area (Å²) in [6.07, 6.45) is 6.42. The lowest BCUT2D eigenvalue weighted by molar-refractivity contribution is 0.0879. The number of carbonyl (C=O) groups excluding carboxylic acids is 1. The number of rotatable bonds is 5. The van der Waals surface area contributed by atoms with Gasteiger partial charge in [-0.2, -0.15) is 0 Å². The summed E-state index contributed by atoms with van der Waals surface area (Å²) >= 11 is 0. The number of aromatic nitrogens is 2. The fourth-order valence-electron chi connectivity index (χ4n) is 2.99. The van der Waals surface area contributed by atoms with E-state index in [1.54, 1.807) is 6.20 Å². The van der Waals surface area contributed by atoms with Crippen LogP contribution < -0.4 is 5.32 Å². The fraction of sp³-hybridized carbons (Fsp3) is 0.444. The van der Waals surface area contributed by atoms with Crippen molar-refractivity contribution in [2.45, 2.75) is 32.7 Å². The van der Waals surface area contributed by atoms with Gasteiger partial charge in [0.15, 0.2) is 5.82 Å². The molecule has 1 fully saturated rings. The van der Waals surface area contributed by atoms with Crippen LogP contribution in [0, 0.1) is 12.8 Å². The van der Waals surface area contributed by atoms with Crippen LogP contribution in [-0.2, 0) is 13.0 Å². The van der Waals surface area contributed by atoms with E-state index in [4.69, 9.17) is 0 Å². The number of carbonyl (C=O) groups is 1. The number of ketones is 1. The maximum absolute atomic E-state index is 12.6. The maximum atomic E-state index is 12.6. The van der Waals surface area contributed by atoms with Gasteiger partial charge in [-0.25, -0.2) is 4.98 Å². The Morgan fingerprint density at radius 3 is 2.73 bits per heavy atom. The first-order valence-electron chi connectivity index (χ1n) is 8.05. The second-order valence-electron chi connectivity index (χ2n) is 6.07. The Morgan fingerprint density at radius 2 is 2.00 bits per heavy atom. The highest BCUT2D eigenvalue weighted by atomic mass is 16.1. The number of nitrogens with zero attached hydrogens (tertiary/aromatic N) is 2. The van der Waals surface area contributed by atoms with E-state index in [2.05, 4.69) is 41.5 Å². The van der Waals surface area contributed by atoms with Gasteiger partial charge >= 0.3 is 0 Å². The van der Waals surface area contributed by atoms with E-state index in [1.165, 1.54) is 11.1 Å². The summed E-state index contributed by atoms with van der Waals surface area (Å²) in [5, 5.41) is 3.30. The van der Waals surface area contributed by atoms with E-state index in [1.807, 2.05) is 10.8 Å². The standard InChI is InChI=1S/C18H23N3O/c1-14-2-4-15(5-3-14)8-12-21-13-11-20-18(21)17(22)16-6-9-19-10-7-16/h2-5,11,13,16,19H,6-10,12H2,1H3. The number of Topliss-reactive ketones (excluding diaryl/α,β-unsaturated/α-hetero) is 1. The summed E-state index contributed by atoms with van der Waals surface area (Å²) in [5.41, 5.74) is 2.56. The summed E-state index contributed by atoms with van der Waals surface area (Å²) in [5.74, 6) is 0.955. The van der Waals surface area contributed by atoms with Crippen LogP contribution in [0.25, 0.3) is 0 Å². The predicted molar refractivity (Wildman–Crippen MR) is 87.0 cm³/mol. The molecule has 3 rings (SSSR count). The number of hydrogen-bond acceptors (Lipinski definition) is 3. The molecular weight excluding hydrogens is 274 g/mol. The first-order chi connectivity index (χ1) is 10.7. The summed E-state index contributed by atoms with van der Waals surface area (Å²) in [4.78, 5) is 16.9. The van der Waals surface area contributed by atoms with E-state index in [-0.39, 0.29) is 11.7 Å². The van der Waals surface area contributed by atoms with Gasteiger partial charge in [-0.05, 0) is 44.8 Å². The second kappa shape index (κ2) is 6.88. The van der Waals surface area contributed by atoms with Gasteiger partial charge in [-0.15, -0.1) is 0 Å². The molecule has 2 aromatic rings. The number of piperidine rings is 1. The van der Waals surface area contributed by atoms with Crippen molar-refractivity contribution in [3.63, 3.8) is 0 Å². The summed E-state index contributed by atoms with van der Waals surface area (Å²) in [7, 11) is 0. The molecule has 0 bridgehead atoms. The molecule has 1 N–H and O–H groups in total. The Morgan fingerprint density at radius 1 is 1.27 bits per heavy atom. The molecule has 0 amide bonds. The minimum Gasteiger partial charge on any atom is -0.328 e. The minimum absolute atomic E-state index is 0.127. The Bertz CT molecular complexity index is 624. The van der Waals surface area contributed by atoms with Crippen LogP contribution in [0.15, 0.2) is 36.7 Å². The quantitative estimate of drug-likeness (QED) is 0.863. The maximum Gasteiger partial charge on any atom is 0.201 e. The Hall–Kier alpha value is -1.94. The third-order valence-electron chi connectivity index (χ3n) is 4.41. The zero-order valence-corrected chi connectivity index (χ0v) is 13.1. The van der Waals surface area contributed by atoms with E-state index >= 15 is 0 Å². The molecule has 0 spiro atoms. The lowest BCUT2D eigenvalue weighted by Gasteiger charge is -2.21. The van der Waals surface area contributed by atoms with Crippen molar-refractivity contribution >= 4 is 5.78 Å². The Kier molecular flexibility index (Phi) is 4.68. The first kappa shape index (κ1) is 15.0. The number of aryl methyl sites for hydroxylation is 3. The molecule has 1 aliphatic rings. The fourth-order valence-corrected chi connectivity index (χ4v) is 2.99. The van der Waals surface area contributed by atoms with Crippen molar-refractivity contribution in [1.29, 1.82) is 0 Å². The smallest absolute Gasteiger partial charge is 0.201 e. The van der Waals surface area contributed by atoms with Gasteiger partial charge in [0.2, 0.25) is 5.78 Å². The number of hydrogen-bond donors (Lipinski definition) is 1. The van der Waals surface area contributed by atoms with Crippen LogP contribution >= 0.6 is 0 Å². The highest BCUT2D eigenvalue weighted by Crippen LogP contribution is 2.17. The molecule has 4 heteroatoms. The van der Waals surface area contributed by atoms with E-state index in [9.17, 15) is 4.79 Å². The highest BCUT2D eigenvalue weighted by Gasteiger charge is 2.25. The van der Waals surface area contributed by atoms with Crippen LogP contribution in [0.2, 0.25) is 0 Å². The lowest BCUT2D eigenvalue weighted by Crippen LogP contribution is -2.33. The first-order valence-corrected chi connectivity index (χ1v) is 8.05. The van der Waals surface area contributed by atoms with E-state index in [0.717, 1.165) is 38.9 Å². The van der Waals surface area contributed by atoms with E-state index in [0.29, 0.717) is 5.82 Å². The zero-order valence-electron chi connectivity index (χ0n) is 13.1. The third-order valence-corrected chi connectivity index (χ3v) is 4.41. The molecule has 2 heterocycles. The third kappa shape index (κ3) is 3.45. The van der Waals surface area contributed by atoms with Crippen molar-refractivity contribution in [1.82, 2.24) is 14.9 Å². The Balaban J connectivity index is 1.66. The number of benzene rings is 1. The molecule has 0 unspecified atom stereocenters. The molecule has 0 atom stereocenters. The second-order valence-corrected chi connectivity index (χ2v) is 6.07. The molecule has 1 aromatic carbocycles. The summed E-state index contributed by atoms with van der Waals surface area (Å²) < 4.78 is 2.00. The number of imidazole rings is 1. The largest absolute Gasteiger partial charge is 0.328 e. The van der Waals surface area contributed by atoms with Gasteiger partial charge in [-0.1, -0.05) is 29.8 Å². The molecule has 0 radical (unpaired) electrons.